The summed E-state index contributed by atoms with van der Waals surface area (Å²) < 4.78 is 6.48. The second-order valence-corrected chi connectivity index (χ2v) is 9.94. The molecule has 0 amide bonds. The Hall–Kier alpha value is -2.56. The van der Waals surface area contributed by atoms with Crippen LogP contribution in [-0.4, -0.2) is 21.4 Å². The molecule has 1 saturated carbocycles. The fourth-order valence-electron chi connectivity index (χ4n) is 5.80. The fraction of sp³-hybridized carbons (Fsp3) is 0.414. The molecule has 34 heavy (non-hydrogen) atoms. The molecule has 2 aromatic heterocycles. The molecule has 1 N–H and O–H groups in total. The van der Waals surface area contributed by atoms with Gasteiger partial charge in [0.2, 0.25) is 0 Å². The molecule has 0 atom stereocenters. The minimum Gasteiger partial charge on any atom is -0.444 e. The molecule has 0 saturated heterocycles. The van der Waals surface area contributed by atoms with Crippen molar-refractivity contribution < 1.29 is 4.42 Å². The first-order valence-electron chi connectivity index (χ1n) is 12.6. The minimum atomic E-state index is 0. The highest BCUT2D eigenvalue weighted by atomic mass is 35.5. The number of nitrogens with one attached hydrogen (secondary N) is 1. The zero-order chi connectivity index (χ0) is 22.0. The number of nitrogens with zero attached hydrogens (tertiary/aromatic N) is 2. The lowest BCUT2D eigenvalue weighted by atomic mass is 9.87. The summed E-state index contributed by atoms with van der Waals surface area (Å²) in [7, 11) is 0. The van der Waals surface area contributed by atoms with Gasteiger partial charge in [-0.3, -0.25) is 4.90 Å². The van der Waals surface area contributed by atoms with Crippen molar-refractivity contribution in [2.75, 3.05) is 6.54 Å². The molecule has 1 aliphatic carbocycles. The molecule has 178 valence electrons. The zero-order valence-electron chi connectivity index (χ0n) is 19.8. The van der Waals surface area contributed by atoms with Crippen LogP contribution >= 0.6 is 12.4 Å². The number of fused-ring (bicyclic) bond motifs is 3. The highest BCUT2D eigenvalue weighted by molar-refractivity contribution is 5.85. The van der Waals surface area contributed by atoms with Crippen molar-refractivity contribution in [1.82, 2.24) is 14.9 Å². The third-order valence-electron chi connectivity index (χ3n) is 7.55. The van der Waals surface area contributed by atoms with Crippen molar-refractivity contribution in [2.45, 2.75) is 64.5 Å². The van der Waals surface area contributed by atoms with E-state index in [1.54, 1.807) is 0 Å². The third-order valence-corrected chi connectivity index (χ3v) is 7.55. The van der Waals surface area contributed by atoms with Gasteiger partial charge in [-0.1, -0.05) is 67.8 Å². The molecule has 0 spiro atoms. The predicted octanol–water partition coefficient (Wildman–Crippen LogP) is 6.85. The number of benzene rings is 2. The van der Waals surface area contributed by atoms with Crippen LogP contribution in [0, 0.1) is 5.92 Å². The van der Waals surface area contributed by atoms with Gasteiger partial charge >= 0.3 is 0 Å². The second-order valence-electron chi connectivity index (χ2n) is 9.94. The molecule has 1 fully saturated rings. The van der Waals surface area contributed by atoms with E-state index < -0.39 is 0 Å². The van der Waals surface area contributed by atoms with E-state index in [4.69, 9.17) is 9.40 Å². The van der Waals surface area contributed by atoms with Crippen LogP contribution in [-0.2, 0) is 32.4 Å². The number of rotatable bonds is 6. The van der Waals surface area contributed by atoms with Crippen LogP contribution in [0.4, 0.5) is 0 Å². The predicted molar refractivity (Wildman–Crippen MR) is 139 cm³/mol. The van der Waals surface area contributed by atoms with Crippen molar-refractivity contribution in [2.24, 2.45) is 5.92 Å². The number of oxazole rings is 1. The molecule has 0 unspecified atom stereocenters. The van der Waals surface area contributed by atoms with Gasteiger partial charge in [0.15, 0.2) is 5.89 Å². The van der Waals surface area contributed by atoms with Gasteiger partial charge in [0.1, 0.15) is 5.76 Å². The van der Waals surface area contributed by atoms with Crippen LogP contribution in [0.15, 0.2) is 59.0 Å². The minimum absolute atomic E-state index is 0. The lowest BCUT2D eigenvalue weighted by Crippen LogP contribution is -2.30. The van der Waals surface area contributed by atoms with E-state index >= 15 is 0 Å². The average Bonchev–Trinajstić information content (AvgIpc) is 3.40. The van der Waals surface area contributed by atoms with E-state index in [0.717, 1.165) is 62.2 Å². The summed E-state index contributed by atoms with van der Waals surface area (Å²) in [6, 6.07) is 19.4. The Bertz CT molecular complexity index is 1220. The summed E-state index contributed by atoms with van der Waals surface area (Å²) in [5.41, 5.74) is 6.52. The van der Waals surface area contributed by atoms with Crippen molar-refractivity contribution in [3.63, 3.8) is 0 Å². The van der Waals surface area contributed by atoms with Crippen LogP contribution in [0.25, 0.3) is 10.9 Å². The van der Waals surface area contributed by atoms with Crippen LogP contribution in [0.1, 0.15) is 66.3 Å². The van der Waals surface area contributed by atoms with Crippen molar-refractivity contribution in [3.8, 4) is 0 Å². The summed E-state index contributed by atoms with van der Waals surface area (Å²) in [6.07, 6.45) is 9.66. The molecule has 1 aliphatic heterocycles. The second kappa shape index (κ2) is 10.4. The summed E-state index contributed by atoms with van der Waals surface area (Å²) in [6.45, 7) is 2.82. The number of aromatic amines is 1. The lowest BCUT2D eigenvalue weighted by molar-refractivity contribution is 0.219. The molecular formula is C29H34ClN3O. The third kappa shape index (κ3) is 4.94. The van der Waals surface area contributed by atoms with E-state index in [2.05, 4.69) is 64.5 Å². The highest BCUT2D eigenvalue weighted by Gasteiger charge is 2.24. The molecule has 4 aromatic rings. The van der Waals surface area contributed by atoms with Gasteiger partial charge in [-0.15, -0.1) is 12.4 Å². The largest absolute Gasteiger partial charge is 0.444 e. The smallest absolute Gasteiger partial charge is 0.194 e. The Balaban J connectivity index is 0.00000241. The summed E-state index contributed by atoms with van der Waals surface area (Å²) in [5, 5.41) is 1.38. The maximum absolute atomic E-state index is 6.48. The zero-order valence-corrected chi connectivity index (χ0v) is 20.6. The topological polar surface area (TPSA) is 45.1 Å². The highest BCUT2D eigenvalue weighted by Crippen LogP contribution is 2.30. The van der Waals surface area contributed by atoms with Gasteiger partial charge in [-0.2, -0.15) is 0 Å². The number of H-pyrrole nitrogens is 1. The number of para-hydroxylation sites is 1. The maximum Gasteiger partial charge on any atom is 0.194 e. The van der Waals surface area contributed by atoms with Gasteiger partial charge in [0, 0.05) is 42.5 Å². The molecule has 2 aromatic carbocycles. The molecule has 0 bridgehead atoms. The number of hydrogen-bond acceptors (Lipinski definition) is 3. The Kier molecular flexibility index (Phi) is 7.07. The van der Waals surface area contributed by atoms with Gasteiger partial charge in [0.05, 0.1) is 12.2 Å². The van der Waals surface area contributed by atoms with Crippen LogP contribution in [0.3, 0.4) is 0 Å². The maximum atomic E-state index is 6.48. The van der Waals surface area contributed by atoms with Crippen LogP contribution in [0.2, 0.25) is 0 Å². The SMILES string of the molecule is Cl.c1ccc(Cc2nc(CC3CCCCC3)oc2CN2CCc3c([nH]c4ccccc34)C2)cc1. The quantitative estimate of drug-likeness (QED) is 0.331. The first-order valence-corrected chi connectivity index (χ1v) is 12.6. The van der Waals surface area contributed by atoms with E-state index in [-0.39, 0.29) is 12.4 Å². The first-order chi connectivity index (χ1) is 16.3. The van der Waals surface area contributed by atoms with E-state index in [9.17, 15) is 0 Å². The van der Waals surface area contributed by atoms with Gasteiger partial charge < -0.3 is 9.40 Å². The van der Waals surface area contributed by atoms with Crippen molar-refractivity contribution in [1.29, 1.82) is 0 Å². The monoisotopic (exact) mass is 475 g/mol. The standard InChI is InChI=1S/C29H33N3O.ClH/c1-3-9-21(10-4-1)17-26-28(33-29(31-26)18-22-11-5-2-6-12-22)20-32-16-15-24-23-13-7-8-14-25(23)30-27(24)19-32;/h1,3-4,7-10,13-14,22,30H,2,5-6,11-12,15-20H2;1H. The summed E-state index contributed by atoms with van der Waals surface area (Å²) in [4.78, 5) is 11.2. The number of hydrogen-bond donors (Lipinski definition) is 1. The lowest BCUT2D eigenvalue weighted by Gasteiger charge is -2.26. The van der Waals surface area contributed by atoms with Crippen molar-refractivity contribution >= 4 is 23.3 Å². The summed E-state index contributed by atoms with van der Waals surface area (Å²) in [5.74, 6) is 2.74. The van der Waals surface area contributed by atoms with Gasteiger partial charge in [-0.25, -0.2) is 4.98 Å². The van der Waals surface area contributed by atoms with Crippen molar-refractivity contribution in [3.05, 3.63) is 88.8 Å². The first kappa shape index (κ1) is 23.2. The Morgan fingerprint density at radius 3 is 2.62 bits per heavy atom. The molecule has 6 rings (SSSR count). The molecule has 5 heteroatoms. The molecule has 3 heterocycles. The fourth-order valence-corrected chi connectivity index (χ4v) is 5.80. The Labute approximate surface area is 208 Å². The number of aromatic nitrogens is 2. The molecule has 2 aliphatic rings. The molecular weight excluding hydrogens is 442 g/mol. The normalized spacial score (nSPS) is 16.9. The van der Waals surface area contributed by atoms with Crippen LogP contribution < -0.4 is 0 Å². The Morgan fingerprint density at radius 2 is 1.76 bits per heavy atom. The summed E-state index contributed by atoms with van der Waals surface area (Å²) >= 11 is 0. The molecule has 4 nitrogen and oxygen atoms in total. The van der Waals surface area contributed by atoms with E-state index in [0.29, 0.717) is 0 Å². The average molecular weight is 476 g/mol. The van der Waals surface area contributed by atoms with E-state index in [1.807, 2.05) is 0 Å². The van der Waals surface area contributed by atoms with Gasteiger partial charge in [0.25, 0.3) is 0 Å². The van der Waals surface area contributed by atoms with E-state index in [1.165, 1.54) is 59.8 Å². The van der Waals surface area contributed by atoms with Gasteiger partial charge in [-0.05, 0) is 42.4 Å². The molecule has 0 radical (unpaired) electrons. The Morgan fingerprint density at radius 1 is 0.971 bits per heavy atom. The number of halogens is 1. The van der Waals surface area contributed by atoms with Crippen LogP contribution in [0.5, 0.6) is 0 Å².